The number of rotatable bonds is 7. The Morgan fingerprint density at radius 1 is 1.19 bits per heavy atom. The predicted octanol–water partition coefficient (Wildman–Crippen LogP) is 2.56. The molecule has 27 heavy (non-hydrogen) atoms. The molecule has 0 radical (unpaired) electrons. The Balaban J connectivity index is 1.40. The van der Waals surface area contributed by atoms with E-state index in [1.165, 1.54) is 22.6 Å². The number of likely N-dealkylation sites (tertiary alicyclic amines) is 1. The lowest BCUT2D eigenvalue weighted by Gasteiger charge is -2.27. The summed E-state index contributed by atoms with van der Waals surface area (Å²) in [5.41, 5.74) is -0.284. The van der Waals surface area contributed by atoms with Crippen molar-refractivity contribution in [2.75, 3.05) is 38.5 Å². The Hall–Kier alpha value is -0.470. The molecule has 5 nitrogen and oxygen atoms in total. The van der Waals surface area contributed by atoms with Gasteiger partial charge in [-0.1, -0.05) is 19.8 Å². The van der Waals surface area contributed by atoms with Gasteiger partial charge in [0, 0.05) is 47.9 Å². The van der Waals surface area contributed by atoms with Gasteiger partial charge in [-0.25, -0.2) is 12.7 Å². The van der Waals surface area contributed by atoms with Gasteiger partial charge in [0.05, 0.1) is 12.4 Å². The Kier molecular flexibility index (Phi) is 5.69. The first-order valence-corrected chi connectivity index (χ1v) is 12.8. The molecule has 1 aliphatic carbocycles. The second kappa shape index (κ2) is 7.75. The monoisotopic (exact) mass is 412 g/mol. The van der Waals surface area contributed by atoms with E-state index in [9.17, 15) is 13.5 Å². The fraction of sp³-hybridized carbons (Fsp3) is 0.800. The van der Waals surface area contributed by atoms with Gasteiger partial charge in [0.1, 0.15) is 0 Å². The molecule has 2 unspecified atom stereocenters. The highest BCUT2D eigenvalue weighted by Crippen LogP contribution is 2.44. The van der Waals surface area contributed by atoms with E-state index in [0.717, 1.165) is 38.9 Å². The smallest absolute Gasteiger partial charge is 0.214 e. The van der Waals surface area contributed by atoms with E-state index in [2.05, 4.69) is 24.0 Å². The van der Waals surface area contributed by atoms with E-state index in [-0.39, 0.29) is 17.9 Å². The zero-order valence-electron chi connectivity index (χ0n) is 16.3. The fourth-order valence-corrected chi connectivity index (χ4v) is 8.30. The van der Waals surface area contributed by atoms with E-state index >= 15 is 0 Å². The van der Waals surface area contributed by atoms with E-state index in [1.54, 1.807) is 4.31 Å². The number of aliphatic hydroxyl groups is 1. The zero-order valence-corrected chi connectivity index (χ0v) is 17.9. The number of thiophene rings is 1. The molecule has 152 valence electrons. The Morgan fingerprint density at radius 2 is 1.93 bits per heavy atom. The molecule has 3 aliphatic rings. The van der Waals surface area contributed by atoms with Gasteiger partial charge in [0.2, 0.25) is 10.0 Å². The molecule has 3 heterocycles. The van der Waals surface area contributed by atoms with Crippen LogP contribution in [0.3, 0.4) is 0 Å². The van der Waals surface area contributed by atoms with Crippen molar-refractivity contribution in [3.63, 3.8) is 0 Å². The summed E-state index contributed by atoms with van der Waals surface area (Å²) in [6, 6.07) is 4.41. The molecule has 1 aromatic rings. The normalized spacial score (nSPS) is 30.4. The van der Waals surface area contributed by atoms with Crippen LogP contribution in [0.25, 0.3) is 0 Å². The molecule has 0 bridgehead atoms. The molecule has 1 N–H and O–H groups in total. The summed E-state index contributed by atoms with van der Waals surface area (Å²) >= 11 is 1.87. The van der Waals surface area contributed by atoms with Crippen LogP contribution in [0, 0.1) is 17.3 Å². The zero-order chi connectivity index (χ0) is 19.1. The largest absolute Gasteiger partial charge is 0.396 e. The van der Waals surface area contributed by atoms with Crippen LogP contribution in [0.1, 0.15) is 42.4 Å². The number of nitrogens with zero attached hydrogens (tertiary/aromatic N) is 2. The first-order valence-electron chi connectivity index (χ1n) is 10.3. The molecule has 0 amide bonds. The standard InChI is InChI=1S/C20H32N2O3S2/c1-2-18-7-8-19(26-18)11-21-9-17-10-22(14-20(17,13-21)15-23)27(24,25)12-16-5-3-4-6-16/h7-8,16-17,23H,2-6,9-15H2,1H3. The van der Waals surface area contributed by atoms with Crippen LogP contribution in [0.5, 0.6) is 0 Å². The van der Waals surface area contributed by atoms with E-state index in [0.29, 0.717) is 24.8 Å². The lowest BCUT2D eigenvalue weighted by molar-refractivity contribution is 0.119. The van der Waals surface area contributed by atoms with Crippen molar-refractivity contribution in [3.8, 4) is 0 Å². The van der Waals surface area contributed by atoms with Gasteiger partial charge in [-0.15, -0.1) is 11.3 Å². The topological polar surface area (TPSA) is 60.9 Å². The van der Waals surface area contributed by atoms with Crippen molar-refractivity contribution >= 4 is 21.4 Å². The number of fused-ring (bicyclic) bond motifs is 1. The van der Waals surface area contributed by atoms with Gasteiger partial charge in [-0.05, 0) is 43.2 Å². The molecule has 2 atom stereocenters. The van der Waals surface area contributed by atoms with Crippen molar-refractivity contribution in [3.05, 3.63) is 21.9 Å². The van der Waals surface area contributed by atoms with Crippen molar-refractivity contribution in [1.29, 1.82) is 0 Å². The van der Waals surface area contributed by atoms with E-state index in [1.807, 2.05) is 11.3 Å². The number of aryl methyl sites for hydroxylation is 1. The third-order valence-corrected chi connectivity index (χ3v) is 10.0. The maximum atomic E-state index is 12.9. The van der Waals surface area contributed by atoms with Gasteiger partial charge in [0.15, 0.2) is 0 Å². The third kappa shape index (κ3) is 3.99. The Labute approximate surface area is 167 Å². The molecule has 0 aromatic carbocycles. The van der Waals surface area contributed by atoms with Crippen molar-refractivity contribution in [2.24, 2.45) is 17.3 Å². The van der Waals surface area contributed by atoms with Crippen molar-refractivity contribution in [1.82, 2.24) is 9.21 Å². The number of hydrogen-bond acceptors (Lipinski definition) is 5. The number of aliphatic hydroxyl groups excluding tert-OH is 1. The van der Waals surface area contributed by atoms with Crippen molar-refractivity contribution in [2.45, 2.75) is 45.6 Å². The van der Waals surface area contributed by atoms with Crippen LogP contribution in [0.15, 0.2) is 12.1 Å². The molecule has 4 rings (SSSR count). The first-order chi connectivity index (χ1) is 12.9. The number of sulfonamides is 1. The molecule has 2 aliphatic heterocycles. The molecule has 2 saturated heterocycles. The van der Waals surface area contributed by atoms with E-state index in [4.69, 9.17) is 0 Å². The minimum Gasteiger partial charge on any atom is -0.396 e. The SMILES string of the molecule is CCc1ccc(CN2CC3CN(S(=O)(=O)CC4CCCC4)CC3(CO)C2)s1. The van der Waals surface area contributed by atoms with Crippen LogP contribution >= 0.6 is 11.3 Å². The highest BCUT2D eigenvalue weighted by Gasteiger charge is 2.54. The average Bonchev–Trinajstić information content (AvgIpc) is 3.38. The predicted molar refractivity (Wildman–Crippen MR) is 109 cm³/mol. The minimum atomic E-state index is -3.20. The summed E-state index contributed by atoms with van der Waals surface area (Å²) in [7, 11) is -3.20. The quantitative estimate of drug-likeness (QED) is 0.748. The lowest BCUT2D eigenvalue weighted by atomic mass is 9.82. The maximum Gasteiger partial charge on any atom is 0.214 e. The Bertz CT molecular complexity index is 757. The molecule has 3 fully saturated rings. The molecule has 7 heteroatoms. The van der Waals surface area contributed by atoms with Crippen LogP contribution in [-0.2, 0) is 23.0 Å². The Morgan fingerprint density at radius 3 is 2.56 bits per heavy atom. The van der Waals surface area contributed by atoms with Crippen LogP contribution in [0.2, 0.25) is 0 Å². The molecule has 0 spiro atoms. The molecule has 1 aromatic heterocycles. The van der Waals surface area contributed by atoms with Gasteiger partial charge >= 0.3 is 0 Å². The second-order valence-corrected chi connectivity index (χ2v) is 12.1. The maximum absolute atomic E-state index is 12.9. The summed E-state index contributed by atoms with van der Waals surface area (Å²) in [4.78, 5) is 5.18. The summed E-state index contributed by atoms with van der Waals surface area (Å²) in [5.74, 6) is 0.884. The fourth-order valence-electron chi connectivity index (χ4n) is 5.30. The van der Waals surface area contributed by atoms with Gasteiger partial charge in [-0.2, -0.15) is 0 Å². The van der Waals surface area contributed by atoms with Gasteiger partial charge < -0.3 is 5.11 Å². The van der Waals surface area contributed by atoms with Crippen molar-refractivity contribution < 1.29 is 13.5 Å². The van der Waals surface area contributed by atoms with Gasteiger partial charge in [-0.3, -0.25) is 4.90 Å². The summed E-state index contributed by atoms with van der Waals surface area (Å²) in [6.45, 7) is 5.92. The van der Waals surface area contributed by atoms with E-state index < -0.39 is 10.0 Å². The minimum absolute atomic E-state index is 0.0776. The summed E-state index contributed by atoms with van der Waals surface area (Å²) < 4.78 is 27.5. The highest BCUT2D eigenvalue weighted by atomic mass is 32.2. The van der Waals surface area contributed by atoms with Gasteiger partial charge in [0.25, 0.3) is 0 Å². The third-order valence-electron chi connectivity index (χ3n) is 6.87. The lowest BCUT2D eigenvalue weighted by Crippen LogP contribution is -2.40. The average molecular weight is 413 g/mol. The summed E-state index contributed by atoms with van der Waals surface area (Å²) in [5, 5.41) is 10.2. The van der Waals surface area contributed by atoms with Crippen LogP contribution in [-0.4, -0.2) is 61.3 Å². The first kappa shape index (κ1) is 19.8. The highest BCUT2D eigenvalue weighted by molar-refractivity contribution is 7.89. The molecular weight excluding hydrogens is 380 g/mol. The summed E-state index contributed by atoms with van der Waals surface area (Å²) in [6.07, 6.45) is 5.51. The molecule has 1 saturated carbocycles. The van der Waals surface area contributed by atoms with Crippen LogP contribution < -0.4 is 0 Å². The number of hydrogen-bond donors (Lipinski definition) is 1. The second-order valence-electron chi connectivity index (χ2n) is 8.83. The van der Waals surface area contributed by atoms with Crippen LogP contribution in [0.4, 0.5) is 0 Å². The molecular formula is C20H32N2O3S2.